The number of amides is 2. The lowest BCUT2D eigenvalue weighted by molar-refractivity contribution is -0.128. The van der Waals surface area contributed by atoms with Crippen LogP contribution in [0.15, 0.2) is 30.3 Å². The summed E-state index contributed by atoms with van der Waals surface area (Å²) in [6.45, 7) is 7.87. The Bertz CT molecular complexity index is 835. The topological polar surface area (TPSA) is 67.4 Å². The normalized spacial score (nSPS) is 15.8. The van der Waals surface area contributed by atoms with E-state index in [4.69, 9.17) is 4.74 Å². The fourth-order valence-corrected chi connectivity index (χ4v) is 3.13. The molecular formula is C20H22N2O3. The zero-order valence-electron chi connectivity index (χ0n) is 14.9. The largest absolute Gasteiger partial charge is 0.478 e. The van der Waals surface area contributed by atoms with Crippen LogP contribution in [-0.4, -0.2) is 17.9 Å². The van der Waals surface area contributed by atoms with E-state index in [9.17, 15) is 9.59 Å². The number of benzene rings is 2. The molecule has 0 saturated heterocycles. The van der Waals surface area contributed by atoms with Gasteiger partial charge in [0.05, 0.1) is 12.1 Å². The van der Waals surface area contributed by atoms with Crippen LogP contribution in [-0.2, 0) is 9.59 Å². The Hall–Kier alpha value is -2.82. The molecule has 2 N–H and O–H groups in total. The molecule has 5 nitrogen and oxygen atoms in total. The van der Waals surface area contributed by atoms with E-state index in [2.05, 4.69) is 10.6 Å². The molecule has 0 aliphatic carbocycles. The molecule has 130 valence electrons. The molecule has 0 bridgehead atoms. The van der Waals surface area contributed by atoms with Crippen molar-refractivity contribution in [3.63, 3.8) is 0 Å². The van der Waals surface area contributed by atoms with E-state index in [1.807, 2.05) is 58.0 Å². The Balaban J connectivity index is 1.71. The van der Waals surface area contributed by atoms with Gasteiger partial charge in [0, 0.05) is 5.69 Å². The summed E-state index contributed by atoms with van der Waals surface area (Å²) < 4.78 is 5.71. The van der Waals surface area contributed by atoms with Gasteiger partial charge in [0.25, 0.3) is 5.91 Å². The molecule has 0 spiro atoms. The highest BCUT2D eigenvalue weighted by Gasteiger charge is 2.30. The Morgan fingerprint density at radius 2 is 1.76 bits per heavy atom. The van der Waals surface area contributed by atoms with Crippen molar-refractivity contribution in [3.8, 4) is 5.75 Å². The second kappa shape index (κ2) is 6.59. The molecule has 5 heteroatoms. The van der Waals surface area contributed by atoms with Gasteiger partial charge in [0.2, 0.25) is 5.91 Å². The fraction of sp³-hybridized carbons (Fsp3) is 0.300. The predicted octanol–water partition coefficient (Wildman–Crippen LogP) is 3.65. The second-order valence-corrected chi connectivity index (χ2v) is 6.62. The van der Waals surface area contributed by atoms with Crippen LogP contribution in [0.1, 0.15) is 28.7 Å². The lowest BCUT2D eigenvalue weighted by atomic mass is 10.0. The molecule has 0 radical (unpaired) electrons. The summed E-state index contributed by atoms with van der Waals surface area (Å²) in [6, 6.07) is 9.61. The third-order valence-electron chi connectivity index (χ3n) is 4.27. The second-order valence-electron chi connectivity index (χ2n) is 6.62. The molecule has 25 heavy (non-hydrogen) atoms. The van der Waals surface area contributed by atoms with Crippen molar-refractivity contribution in [2.45, 2.75) is 40.2 Å². The number of ether oxygens (including phenoxy) is 1. The minimum absolute atomic E-state index is 0.0358. The van der Waals surface area contributed by atoms with Crippen LogP contribution >= 0.6 is 0 Å². The molecular weight excluding hydrogens is 316 g/mol. The van der Waals surface area contributed by atoms with Crippen molar-refractivity contribution in [1.82, 2.24) is 0 Å². The molecule has 0 unspecified atom stereocenters. The zero-order valence-corrected chi connectivity index (χ0v) is 14.9. The SMILES string of the molecule is Cc1cc(C)c(NC(=O)C[C@H]2Oc3ccc(C)cc3NC2=O)c(C)c1. The van der Waals surface area contributed by atoms with Crippen molar-refractivity contribution >= 4 is 23.2 Å². The first-order valence-electron chi connectivity index (χ1n) is 8.29. The summed E-state index contributed by atoms with van der Waals surface area (Å²) in [5.41, 5.74) is 5.62. The van der Waals surface area contributed by atoms with Crippen LogP contribution in [0.2, 0.25) is 0 Å². The zero-order chi connectivity index (χ0) is 18.1. The minimum atomic E-state index is -0.832. The van der Waals surface area contributed by atoms with Gasteiger partial charge in [-0.1, -0.05) is 23.8 Å². The van der Waals surface area contributed by atoms with E-state index in [0.29, 0.717) is 11.4 Å². The van der Waals surface area contributed by atoms with Crippen LogP contribution in [0, 0.1) is 27.7 Å². The molecule has 2 aromatic rings. The van der Waals surface area contributed by atoms with E-state index >= 15 is 0 Å². The Labute approximate surface area is 147 Å². The average Bonchev–Trinajstić information content (AvgIpc) is 2.52. The number of anilines is 2. The highest BCUT2D eigenvalue weighted by atomic mass is 16.5. The number of hydrogen-bond donors (Lipinski definition) is 2. The Morgan fingerprint density at radius 3 is 2.44 bits per heavy atom. The number of nitrogens with one attached hydrogen (secondary N) is 2. The highest BCUT2D eigenvalue weighted by molar-refractivity contribution is 6.02. The standard InChI is InChI=1S/C20H22N2O3/c1-11-5-6-16-15(9-11)21-20(24)17(25-16)10-18(23)22-19-13(3)7-12(2)8-14(19)4/h5-9,17H,10H2,1-4H3,(H,21,24)(H,22,23)/t17-/m1/s1. The summed E-state index contributed by atoms with van der Waals surface area (Å²) >= 11 is 0. The van der Waals surface area contributed by atoms with E-state index < -0.39 is 6.10 Å². The Morgan fingerprint density at radius 1 is 1.08 bits per heavy atom. The van der Waals surface area contributed by atoms with Crippen molar-refractivity contribution in [3.05, 3.63) is 52.6 Å². The first-order valence-corrected chi connectivity index (χ1v) is 8.29. The van der Waals surface area contributed by atoms with Gasteiger partial charge in [-0.3, -0.25) is 9.59 Å². The molecule has 1 aliphatic heterocycles. The van der Waals surface area contributed by atoms with Gasteiger partial charge in [-0.25, -0.2) is 0 Å². The quantitative estimate of drug-likeness (QED) is 0.898. The summed E-state index contributed by atoms with van der Waals surface area (Å²) in [5, 5.41) is 5.71. The minimum Gasteiger partial charge on any atom is -0.478 e. The van der Waals surface area contributed by atoms with Gasteiger partial charge in [-0.2, -0.15) is 0 Å². The van der Waals surface area contributed by atoms with E-state index in [1.165, 1.54) is 0 Å². The third-order valence-corrected chi connectivity index (χ3v) is 4.27. The molecule has 1 heterocycles. The number of rotatable bonds is 3. The maximum Gasteiger partial charge on any atom is 0.266 e. The maximum atomic E-state index is 12.4. The molecule has 0 fully saturated rings. The molecule has 2 aromatic carbocycles. The number of carbonyl (C=O) groups is 2. The van der Waals surface area contributed by atoms with Gasteiger partial charge in [0.15, 0.2) is 6.10 Å². The lowest BCUT2D eigenvalue weighted by Crippen LogP contribution is -2.39. The predicted molar refractivity (Wildman–Crippen MR) is 98.1 cm³/mol. The van der Waals surface area contributed by atoms with Crippen LogP contribution in [0.25, 0.3) is 0 Å². The summed E-state index contributed by atoms with van der Waals surface area (Å²) in [7, 11) is 0. The van der Waals surface area contributed by atoms with Gasteiger partial charge in [-0.15, -0.1) is 0 Å². The van der Waals surface area contributed by atoms with Gasteiger partial charge in [0.1, 0.15) is 5.75 Å². The van der Waals surface area contributed by atoms with E-state index in [1.54, 1.807) is 0 Å². The van der Waals surface area contributed by atoms with Crippen LogP contribution in [0.5, 0.6) is 5.75 Å². The number of aryl methyl sites for hydroxylation is 4. The highest BCUT2D eigenvalue weighted by Crippen LogP contribution is 2.31. The van der Waals surface area contributed by atoms with Crippen LogP contribution in [0.3, 0.4) is 0 Å². The van der Waals surface area contributed by atoms with Gasteiger partial charge in [-0.05, 0) is 56.5 Å². The summed E-state index contributed by atoms with van der Waals surface area (Å²) in [4.78, 5) is 24.6. The molecule has 0 saturated carbocycles. The molecule has 0 aromatic heterocycles. The van der Waals surface area contributed by atoms with Crippen LogP contribution < -0.4 is 15.4 Å². The third kappa shape index (κ3) is 3.65. The van der Waals surface area contributed by atoms with Gasteiger partial charge >= 0.3 is 0 Å². The van der Waals surface area contributed by atoms with E-state index in [-0.39, 0.29) is 18.2 Å². The lowest BCUT2D eigenvalue weighted by Gasteiger charge is -2.26. The maximum absolute atomic E-state index is 12.4. The number of fused-ring (bicyclic) bond motifs is 1. The van der Waals surface area contributed by atoms with Crippen molar-refractivity contribution in [1.29, 1.82) is 0 Å². The smallest absolute Gasteiger partial charge is 0.266 e. The molecule has 3 rings (SSSR count). The molecule has 2 amide bonds. The van der Waals surface area contributed by atoms with Crippen molar-refractivity contribution < 1.29 is 14.3 Å². The first kappa shape index (κ1) is 17.0. The van der Waals surface area contributed by atoms with Crippen molar-refractivity contribution in [2.24, 2.45) is 0 Å². The monoisotopic (exact) mass is 338 g/mol. The number of carbonyl (C=O) groups excluding carboxylic acids is 2. The molecule has 1 aliphatic rings. The van der Waals surface area contributed by atoms with E-state index in [0.717, 1.165) is 27.9 Å². The first-order chi connectivity index (χ1) is 11.8. The molecule has 1 atom stereocenters. The van der Waals surface area contributed by atoms with Crippen LogP contribution in [0.4, 0.5) is 11.4 Å². The van der Waals surface area contributed by atoms with Gasteiger partial charge < -0.3 is 15.4 Å². The Kier molecular flexibility index (Phi) is 4.49. The summed E-state index contributed by atoms with van der Waals surface area (Å²) in [6.07, 6.45) is -0.868. The number of hydrogen-bond acceptors (Lipinski definition) is 3. The summed E-state index contributed by atoms with van der Waals surface area (Å²) in [5.74, 6) is 0.0436. The average molecular weight is 338 g/mol. The fourth-order valence-electron chi connectivity index (χ4n) is 3.13. The van der Waals surface area contributed by atoms with Crippen molar-refractivity contribution in [2.75, 3.05) is 10.6 Å².